The highest BCUT2D eigenvalue weighted by molar-refractivity contribution is 5.85. The predicted octanol–water partition coefficient (Wildman–Crippen LogP) is 1.99. The van der Waals surface area contributed by atoms with Gasteiger partial charge in [-0.25, -0.2) is 0 Å². The quantitative estimate of drug-likeness (QED) is 0.695. The Morgan fingerprint density at radius 1 is 1.36 bits per heavy atom. The lowest BCUT2D eigenvalue weighted by Gasteiger charge is -2.25. The Kier molecular flexibility index (Phi) is 4.35. The van der Waals surface area contributed by atoms with E-state index in [1.165, 1.54) is 0 Å². The van der Waals surface area contributed by atoms with Crippen LogP contribution < -0.4 is 5.32 Å². The van der Waals surface area contributed by atoms with Crippen LogP contribution in [-0.2, 0) is 4.79 Å². The molecule has 80 valence electrons. The Morgan fingerprint density at radius 2 is 1.86 bits per heavy atom. The van der Waals surface area contributed by atoms with Crippen LogP contribution in [0, 0.1) is 17.8 Å². The van der Waals surface area contributed by atoms with Gasteiger partial charge in [-0.15, -0.1) is 6.42 Å². The lowest BCUT2D eigenvalue weighted by Crippen LogP contribution is -2.45. The largest absolute Gasteiger partial charge is 0.298 e. The molecule has 0 aromatic carbocycles. The molecule has 0 aromatic rings. The van der Waals surface area contributed by atoms with Crippen molar-refractivity contribution in [2.24, 2.45) is 5.41 Å². The minimum atomic E-state index is -0.360. The van der Waals surface area contributed by atoms with Crippen LogP contribution in [0.4, 0.5) is 0 Å². The normalized spacial score (nSPS) is 15.7. The van der Waals surface area contributed by atoms with Crippen LogP contribution in [0.5, 0.6) is 0 Å². The van der Waals surface area contributed by atoms with Gasteiger partial charge >= 0.3 is 0 Å². The van der Waals surface area contributed by atoms with E-state index in [4.69, 9.17) is 6.42 Å². The molecule has 0 fully saturated rings. The molecule has 2 heteroatoms. The fourth-order valence-corrected chi connectivity index (χ4v) is 0.819. The zero-order valence-corrected chi connectivity index (χ0v) is 9.90. The van der Waals surface area contributed by atoms with E-state index >= 15 is 0 Å². The summed E-state index contributed by atoms with van der Waals surface area (Å²) in [6, 6.07) is 0. The minimum Gasteiger partial charge on any atom is -0.298 e. The Bertz CT molecular complexity index is 244. The SMILES string of the molecule is C#C[C@@](C)(CC)NCC(=O)C(C)(C)C. The van der Waals surface area contributed by atoms with Gasteiger partial charge in [-0.1, -0.05) is 33.6 Å². The standard InChI is InChI=1S/C12H21NO/c1-7-12(6,8-2)13-9-10(14)11(3,4)5/h1,13H,8-9H2,2-6H3/t12-/m0/s1. The van der Waals surface area contributed by atoms with Crippen LogP contribution in [0.15, 0.2) is 0 Å². The van der Waals surface area contributed by atoms with Gasteiger partial charge in [-0.2, -0.15) is 0 Å². The number of hydrogen-bond acceptors (Lipinski definition) is 2. The van der Waals surface area contributed by atoms with E-state index < -0.39 is 0 Å². The third-order valence-corrected chi connectivity index (χ3v) is 2.50. The van der Waals surface area contributed by atoms with E-state index in [2.05, 4.69) is 11.2 Å². The van der Waals surface area contributed by atoms with Gasteiger partial charge in [0.2, 0.25) is 0 Å². The molecule has 0 radical (unpaired) electrons. The summed E-state index contributed by atoms with van der Waals surface area (Å²) >= 11 is 0. The first-order valence-electron chi connectivity index (χ1n) is 5.01. The molecular formula is C12H21NO. The molecule has 0 aliphatic rings. The van der Waals surface area contributed by atoms with E-state index in [1.54, 1.807) is 0 Å². The summed E-state index contributed by atoms with van der Waals surface area (Å²) in [5.41, 5.74) is -0.656. The van der Waals surface area contributed by atoms with Gasteiger partial charge in [-0.3, -0.25) is 10.1 Å². The van der Waals surface area contributed by atoms with E-state index in [9.17, 15) is 4.79 Å². The van der Waals surface area contributed by atoms with Crippen LogP contribution in [-0.4, -0.2) is 17.9 Å². The summed E-state index contributed by atoms with van der Waals surface area (Å²) in [6.45, 7) is 10.0. The van der Waals surface area contributed by atoms with Gasteiger partial charge in [0.1, 0.15) is 0 Å². The predicted molar refractivity (Wildman–Crippen MR) is 60.0 cm³/mol. The van der Waals surface area contributed by atoms with Gasteiger partial charge in [0.15, 0.2) is 5.78 Å². The molecule has 0 rings (SSSR count). The van der Waals surface area contributed by atoms with Crippen molar-refractivity contribution in [2.75, 3.05) is 6.54 Å². The van der Waals surface area contributed by atoms with Crippen LogP contribution in [0.3, 0.4) is 0 Å². The van der Waals surface area contributed by atoms with Gasteiger partial charge in [-0.05, 0) is 13.3 Å². The van der Waals surface area contributed by atoms with Crippen LogP contribution in [0.25, 0.3) is 0 Å². The number of carbonyl (C=O) groups is 1. The third-order valence-electron chi connectivity index (χ3n) is 2.50. The van der Waals surface area contributed by atoms with Crippen LogP contribution in [0.1, 0.15) is 41.0 Å². The highest BCUT2D eigenvalue weighted by atomic mass is 16.1. The molecule has 0 saturated heterocycles. The monoisotopic (exact) mass is 195 g/mol. The molecule has 0 aliphatic heterocycles. The summed E-state index contributed by atoms with van der Waals surface area (Å²) in [6.07, 6.45) is 6.21. The fraction of sp³-hybridized carbons (Fsp3) is 0.750. The second kappa shape index (κ2) is 4.61. The van der Waals surface area contributed by atoms with Gasteiger partial charge in [0.25, 0.3) is 0 Å². The van der Waals surface area contributed by atoms with E-state index in [0.717, 1.165) is 6.42 Å². The Balaban J connectivity index is 4.21. The van der Waals surface area contributed by atoms with Crippen molar-refractivity contribution in [2.45, 2.75) is 46.6 Å². The lowest BCUT2D eigenvalue weighted by molar-refractivity contribution is -0.125. The second-order valence-electron chi connectivity index (χ2n) is 4.86. The Hall–Kier alpha value is -0.810. The lowest BCUT2D eigenvalue weighted by atomic mass is 9.90. The first kappa shape index (κ1) is 13.2. The topological polar surface area (TPSA) is 29.1 Å². The average molecular weight is 195 g/mol. The molecule has 0 amide bonds. The minimum absolute atomic E-state index is 0.187. The molecule has 1 atom stereocenters. The summed E-state index contributed by atoms with van der Waals surface area (Å²) < 4.78 is 0. The summed E-state index contributed by atoms with van der Waals surface area (Å²) in [5, 5.41) is 3.12. The number of terminal acetylenes is 1. The zero-order chi connectivity index (χ0) is 11.4. The number of carbonyl (C=O) groups excluding carboxylic acids is 1. The van der Waals surface area contributed by atoms with Gasteiger partial charge in [0, 0.05) is 5.41 Å². The van der Waals surface area contributed by atoms with Crippen molar-refractivity contribution in [3.8, 4) is 12.3 Å². The van der Waals surface area contributed by atoms with Crippen molar-refractivity contribution in [3.05, 3.63) is 0 Å². The Morgan fingerprint density at radius 3 is 2.14 bits per heavy atom. The van der Waals surface area contributed by atoms with E-state index in [1.807, 2.05) is 34.6 Å². The molecule has 0 spiro atoms. The molecule has 0 aromatic heterocycles. The van der Waals surface area contributed by atoms with Crippen LogP contribution >= 0.6 is 0 Å². The summed E-state index contributed by atoms with van der Waals surface area (Å²) in [7, 11) is 0. The maximum atomic E-state index is 11.6. The number of ketones is 1. The maximum absolute atomic E-state index is 11.6. The maximum Gasteiger partial charge on any atom is 0.151 e. The molecule has 1 N–H and O–H groups in total. The van der Waals surface area contributed by atoms with E-state index in [0.29, 0.717) is 6.54 Å². The number of nitrogens with one attached hydrogen (secondary N) is 1. The molecule has 0 heterocycles. The highest BCUT2D eigenvalue weighted by Gasteiger charge is 2.24. The second-order valence-corrected chi connectivity index (χ2v) is 4.86. The smallest absolute Gasteiger partial charge is 0.151 e. The fourth-order valence-electron chi connectivity index (χ4n) is 0.819. The van der Waals surface area contributed by atoms with Crippen molar-refractivity contribution in [1.82, 2.24) is 5.32 Å². The van der Waals surface area contributed by atoms with Crippen LogP contribution in [0.2, 0.25) is 0 Å². The first-order valence-corrected chi connectivity index (χ1v) is 5.01. The Labute approximate surface area is 87.5 Å². The summed E-state index contributed by atoms with van der Waals surface area (Å²) in [4.78, 5) is 11.6. The van der Waals surface area contributed by atoms with Crippen molar-refractivity contribution in [3.63, 3.8) is 0 Å². The van der Waals surface area contributed by atoms with Gasteiger partial charge in [0.05, 0.1) is 12.1 Å². The zero-order valence-electron chi connectivity index (χ0n) is 9.90. The number of hydrogen-bond donors (Lipinski definition) is 1. The van der Waals surface area contributed by atoms with Crippen molar-refractivity contribution >= 4 is 5.78 Å². The molecule has 0 saturated carbocycles. The average Bonchev–Trinajstić information content (AvgIpc) is 2.12. The molecule has 0 aliphatic carbocycles. The highest BCUT2D eigenvalue weighted by Crippen LogP contribution is 2.15. The third kappa shape index (κ3) is 3.93. The number of Topliss-reactive ketones (excluding diaryl/α,β-unsaturated/α-hetero) is 1. The molecule has 2 nitrogen and oxygen atoms in total. The number of rotatable bonds is 4. The van der Waals surface area contributed by atoms with Gasteiger partial charge < -0.3 is 0 Å². The summed E-state index contributed by atoms with van der Waals surface area (Å²) in [5.74, 6) is 2.86. The first-order chi connectivity index (χ1) is 6.25. The van der Waals surface area contributed by atoms with Crippen molar-refractivity contribution in [1.29, 1.82) is 0 Å². The molecule has 0 bridgehead atoms. The van der Waals surface area contributed by atoms with Crippen molar-refractivity contribution < 1.29 is 4.79 Å². The molecule has 14 heavy (non-hydrogen) atoms. The molecular weight excluding hydrogens is 174 g/mol. The molecule has 0 unspecified atom stereocenters. The van der Waals surface area contributed by atoms with E-state index in [-0.39, 0.29) is 16.7 Å².